The van der Waals surface area contributed by atoms with Gasteiger partial charge in [0.15, 0.2) is 12.2 Å². The maximum absolute atomic E-state index is 13.0. The molecule has 8 nitrogen and oxygen atoms in total. The number of nitrogens with two attached hydrogens (primary N) is 1. The van der Waals surface area contributed by atoms with Gasteiger partial charge in [0.1, 0.15) is 5.84 Å². The number of nitrogens with zero attached hydrogens (tertiary/aromatic N) is 1. The molecule has 2 aromatic rings. The zero-order valence-electron chi connectivity index (χ0n) is 16.0. The van der Waals surface area contributed by atoms with Crippen molar-refractivity contribution in [2.75, 3.05) is 23.4 Å². The fourth-order valence-corrected chi connectivity index (χ4v) is 3.03. The molecule has 2 aromatic carbocycles. The summed E-state index contributed by atoms with van der Waals surface area (Å²) in [6.45, 7) is -0.109. The molecule has 1 aliphatic rings. The van der Waals surface area contributed by atoms with E-state index in [-0.39, 0.29) is 30.4 Å². The smallest absolute Gasteiger partial charge is 0.384 e. The molecular formula is C20H19F3N4O4. The van der Waals surface area contributed by atoms with E-state index >= 15 is 0 Å². The van der Waals surface area contributed by atoms with Crippen LogP contribution in [0, 0.1) is 5.41 Å². The van der Waals surface area contributed by atoms with E-state index in [1.54, 1.807) is 0 Å². The summed E-state index contributed by atoms with van der Waals surface area (Å²) in [6.07, 6.45) is -8.06. The zero-order valence-corrected chi connectivity index (χ0v) is 16.0. The lowest BCUT2D eigenvalue weighted by Crippen LogP contribution is -2.55. The Bertz CT molecular complexity index is 995. The van der Waals surface area contributed by atoms with Gasteiger partial charge < -0.3 is 25.8 Å². The van der Waals surface area contributed by atoms with E-state index in [0.717, 1.165) is 17.0 Å². The number of aliphatic hydroxyl groups excluding tert-OH is 1. The SMILES string of the molecule is N=C(N)c1ccc(NC(=O)[C@H](O)[C@H]2OCCN(c3cccc(C(F)(F)F)c3)C2=O)cc1. The first-order valence-corrected chi connectivity index (χ1v) is 9.11. The van der Waals surface area contributed by atoms with Crippen LogP contribution >= 0.6 is 0 Å². The van der Waals surface area contributed by atoms with Crippen molar-refractivity contribution < 1.29 is 32.6 Å². The highest BCUT2D eigenvalue weighted by Crippen LogP contribution is 2.32. The summed E-state index contributed by atoms with van der Waals surface area (Å²) >= 11 is 0. The molecule has 0 aromatic heterocycles. The number of anilines is 2. The van der Waals surface area contributed by atoms with E-state index in [4.69, 9.17) is 15.9 Å². The highest BCUT2D eigenvalue weighted by atomic mass is 19.4. The molecule has 1 fully saturated rings. The Morgan fingerprint density at radius 3 is 2.55 bits per heavy atom. The lowest BCUT2D eigenvalue weighted by molar-refractivity contribution is -0.150. The molecule has 1 heterocycles. The summed E-state index contributed by atoms with van der Waals surface area (Å²) in [5, 5.41) is 20.1. The maximum Gasteiger partial charge on any atom is 0.416 e. The number of amidine groups is 1. The minimum Gasteiger partial charge on any atom is -0.384 e. The quantitative estimate of drug-likeness (QED) is 0.419. The van der Waals surface area contributed by atoms with Gasteiger partial charge in [-0.2, -0.15) is 13.2 Å². The Balaban J connectivity index is 1.73. The fourth-order valence-electron chi connectivity index (χ4n) is 3.03. The number of amides is 2. The standard InChI is InChI=1S/C20H19F3N4O4/c21-20(22,23)12-2-1-3-14(10-12)27-8-9-31-16(19(27)30)15(28)18(29)26-13-6-4-11(5-7-13)17(24)25/h1-7,10,15-16,28H,8-9H2,(H3,24,25)(H,26,29)/t15-,16-/m1/s1. The predicted molar refractivity (Wildman–Crippen MR) is 106 cm³/mol. The molecule has 5 N–H and O–H groups in total. The van der Waals surface area contributed by atoms with Gasteiger partial charge in [-0.1, -0.05) is 6.07 Å². The first kappa shape index (κ1) is 22.2. The molecular weight excluding hydrogens is 417 g/mol. The van der Waals surface area contributed by atoms with Crippen molar-refractivity contribution in [1.82, 2.24) is 0 Å². The summed E-state index contributed by atoms with van der Waals surface area (Å²) in [4.78, 5) is 26.2. The molecule has 2 atom stereocenters. The lowest BCUT2D eigenvalue weighted by Gasteiger charge is -2.34. The van der Waals surface area contributed by atoms with Crippen molar-refractivity contribution in [1.29, 1.82) is 5.41 Å². The number of aliphatic hydroxyl groups is 1. The normalized spacial score (nSPS) is 17.9. The summed E-state index contributed by atoms with van der Waals surface area (Å²) in [6, 6.07) is 10.1. The third-order valence-corrected chi connectivity index (χ3v) is 4.63. The van der Waals surface area contributed by atoms with E-state index in [2.05, 4.69) is 5.32 Å². The van der Waals surface area contributed by atoms with Crippen LogP contribution in [0.25, 0.3) is 0 Å². The Hall–Kier alpha value is -3.44. The number of hydrogen-bond donors (Lipinski definition) is 4. The Morgan fingerprint density at radius 2 is 1.94 bits per heavy atom. The third-order valence-electron chi connectivity index (χ3n) is 4.63. The van der Waals surface area contributed by atoms with E-state index in [0.29, 0.717) is 5.56 Å². The van der Waals surface area contributed by atoms with Gasteiger partial charge in [0.2, 0.25) is 0 Å². The number of morpholine rings is 1. The third kappa shape index (κ3) is 5.01. The van der Waals surface area contributed by atoms with Gasteiger partial charge in [-0.25, -0.2) is 0 Å². The Kier molecular flexibility index (Phi) is 6.27. The van der Waals surface area contributed by atoms with Crippen molar-refractivity contribution >= 4 is 29.0 Å². The molecule has 1 aliphatic heterocycles. The number of alkyl halides is 3. The second-order valence-corrected chi connectivity index (χ2v) is 6.75. The minimum atomic E-state index is -4.58. The van der Waals surface area contributed by atoms with E-state index in [1.165, 1.54) is 36.4 Å². The number of benzene rings is 2. The minimum absolute atomic E-state index is 0.0134. The lowest BCUT2D eigenvalue weighted by atomic mass is 10.1. The van der Waals surface area contributed by atoms with Crippen LogP contribution in [0.5, 0.6) is 0 Å². The molecule has 0 spiro atoms. The van der Waals surface area contributed by atoms with Gasteiger partial charge in [-0.15, -0.1) is 0 Å². The number of carbonyl (C=O) groups is 2. The maximum atomic E-state index is 13.0. The van der Waals surface area contributed by atoms with Gasteiger partial charge >= 0.3 is 6.18 Å². The number of carbonyl (C=O) groups excluding carboxylic acids is 2. The number of rotatable bonds is 5. The molecule has 1 saturated heterocycles. The molecule has 0 bridgehead atoms. The Morgan fingerprint density at radius 1 is 1.26 bits per heavy atom. The highest BCUT2D eigenvalue weighted by Gasteiger charge is 2.40. The zero-order chi connectivity index (χ0) is 22.8. The summed E-state index contributed by atoms with van der Waals surface area (Å²) in [5.41, 5.74) is 5.13. The van der Waals surface area contributed by atoms with Crippen LogP contribution < -0.4 is 16.0 Å². The van der Waals surface area contributed by atoms with Crippen LogP contribution in [-0.2, 0) is 20.5 Å². The van der Waals surface area contributed by atoms with Crippen LogP contribution in [0.1, 0.15) is 11.1 Å². The van der Waals surface area contributed by atoms with Crippen molar-refractivity contribution in [3.05, 3.63) is 59.7 Å². The number of hydrogen-bond acceptors (Lipinski definition) is 5. The number of halogens is 3. The van der Waals surface area contributed by atoms with Crippen LogP contribution in [-0.4, -0.2) is 48.1 Å². The van der Waals surface area contributed by atoms with Crippen LogP contribution in [0.3, 0.4) is 0 Å². The number of ether oxygens (including phenoxy) is 1. The average molecular weight is 436 g/mol. The summed E-state index contributed by atoms with van der Waals surface area (Å²) in [7, 11) is 0. The molecule has 31 heavy (non-hydrogen) atoms. The second kappa shape index (κ2) is 8.74. The summed E-state index contributed by atoms with van der Waals surface area (Å²) in [5.74, 6) is -1.92. The predicted octanol–water partition coefficient (Wildman–Crippen LogP) is 1.72. The molecule has 0 radical (unpaired) electrons. The molecule has 11 heteroatoms. The van der Waals surface area contributed by atoms with Gasteiger partial charge in [-0.05, 0) is 42.5 Å². The van der Waals surface area contributed by atoms with Crippen LogP contribution in [0.15, 0.2) is 48.5 Å². The molecule has 2 amide bonds. The van der Waals surface area contributed by atoms with Gasteiger partial charge in [0.05, 0.1) is 12.2 Å². The van der Waals surface area contributed by atoms with Crippen LogP contribution in [0.2, 0.25) is 0 Å². The second-order valence-electron chi connectivity index (χ2n) is 6.75. The monoisotopic (exact) mass is 436 g/mol. The number of nitrogen functional groups attached to an aromatic ring is 1. The van der Waals surface area contributed by atoms with Crippen molar-refractivity contribution in [2.24, 2.45) is 5.73 Å². The largest absolute Gasteiger partial charge is 0.416 e. The highest BCUT2D eigenvalue weighted by molar-refractivity contribution is 6.04. The molecule has 0 saturated carbocycles. The van der Waals surface area contributed by atoms with E-state index in [9.17, 15) is 27.9 Å². The molecule has 0 unspecified atom stereocenters. The molecule has 0 aliphatic carbocycles. The van der Waals surface area contributed by atoms with Gasteiger partial charge in [-0.3, -0.25) is 15.0 Å². The van der Waals surface area contributed by atoms with Gasteiger partial charge in [0, 0.05) is 23.5 Å². The van der Waals surface area contributed by atoms with E-state index < -0.39 is 35.8 Å². The fraction of sp³-hybridized carbons (Fsp3) is 0.250. The first-order valence-electron chi connectivity index (χ1n) is 9.11. The van der Waals surface area contributed by atoms with Crippen molar-refractivity contribution in [3.8, 4) is 0 Å². The summed E-state index contributed by atoms with van der Waals surface area (Å²) < 4.78 is 44.2. The first-order chi connectivity index (χ1) is 14.6. The van der Waals surface area contributed by atoms with Gasteiger partial charge in [0.25, 0.3) is 11.8 Å². The molecule has 164 valence electrons. The van der Waals surface area contributed by atoms with Crippen molar-refractivity contribution in [3.63, 3.8) is 0 Å². The Labute approximate surface area is 174 Å². The average Bonchev–Trinajstić information content (AvgIpc) is 2.73. The molecule has 3 rings (SSSR count). The van der Waals surface area contributed by atoms with Crippen molar-refractivity contribution in [2.45, 2.75) is 18.4 Å². The van der Waals surface area contributed by atoms with E-state index in [1.807, 2.05) is 0 Å². The number of nitrogens with one attached hydrogen (secondary N) is 2. The topological polar surface area (TPSA) is 129 Å². The van der Waals surface area contributed by atoms with Crippen LogP contribution in [0.4, 0.5) is 24.5 Å².